The van der Waals surface area contributed by atoms with E-state index in [2.05, 4.69) is 0 Å². The number of amides is 1. The molecule has 0 aromatic heterocycles. The average Bonchev–Trinajstić information content (AvgIpc) is 2.08. The van der Waals surface area contributed by atoms with Crippen LogP contribution in [0.1, 0.15) is 15.9 Å². The largest absolute Gasteiger partial charge is 0.288 e. The van der Waals surface area contributed by atoms with E-state index in [1.54, 1.807) is 19.1 Å². The first-order valence-corrected chi connectivity index (χ1v) is 3.36. The summed E-state index contributed by atoms with van der Waals surface area (Å²) in [5.41, 5.74) is 1.59. The summed E-state index contributed by atoms with van der Waals surface area (Å²) >= 11 is 0. The van der Waals surface area contributed by atoms with E-state index in [-0.39, 0.29) is 5.56 Å². The Bertz CT molecular complexity index is 312. The molecule has 3 nitrogen and oxygen atoms in total. The molecule has 2 N–H and O–H groups in total. The zero-order chi connectivity index (χ0) is 9.14. The van der Waals surface area contributed by atoms with Gasteiger partial charge in [0.15, 0.2) is 0 Å². The minimum Gasteiger partial charge on any atom is -0.288 e. The third kappa shape index (κ3) is 1.43. The molecule has 0 saturated heterocycles. The Hall–Kier alpha value is -1.42. The van der Waals surface area contributed by atoms with Gasteiger partial charge in [0.1, 0.15) is 5.82 Å². The van der Waals surface area contributed by atoms with E-state index in [1.165, 1.54) is 11.5 Å². The van der Waals surface area contributed by atoms with Crippen molar-refractivity contribution in [2.45, 2.75) is 6.92 Å². The average molecular weight is 169 g/mol. The number of benzene rings is 1. The fraction of sp³-hybridized carbons (Fsp3) is 0.125. The number of hydroxylamine groups is 1. The summed E-state index contributed by atoms with van der Waals surface area (Å²) in [5, 5.41) is 8.24. The number of carbonyl (C=O) groups is 1. The second kappa shape index (κ2) is 3.32. The highest BCUT2D eigenvalue weighted by Gasteiger charge is 2.11. The van der Waals surface area contributed by atoms with Crippen LogP contribution < -0.4 is 5.48 Å². The van der Waals surface area contributed by atoms with Crippen molar-refractivity contribution >= 4 is 5.91 Å². The first-order chi connectivity index (χ1) is 5.66. The summed E-state index contributed by atoms with van der Waals surface area (Å²) in [6.07, 6.45) is 0. The lowest BCUT2D eigenvalue weighted by molar-refractivity contribution is 0.0701. The Morgan fingerprint density at radius 1 is 1.58 bits per heavy atom. The molecule has 0 aliphatic heterocycles. The number of aryl methyl sites for hydroxylation is 1. The van der Waals surface area contributed by atoms with Crippen molar-refractivity contribution in [1.29, 1.82) is 0 Å². The van der Waals surface area contributed by atoms with Crippen LogP contribution in [0.4, 0.5) is 4.39 Å². The third-order valence-electron chi connectivity index (χ3n) is 1.54. The van der Waals surface area contributed by atoms with Crippen molar-refractivity contribution in [3.05, 3.63) is 35.1 Å². The predicted molar refractivity (Wildman–Crippen MR) is 40.4 cm³/mol. The van der Waals surface area contributed by atoms with E-state index in [4.69, 9.17) is 5.21 Å². The maximum atomic E-state index is 13.1. The molecule has 0 aliphatic carbocycles. The van der Waals surface area contributed by atoms with Gasteiger partial charge in [-0.25, -0.2) is 9.87 Å². The molecule has 0 heterocycles. The summed E-state index contributed by atoms with van der Waals surface area (Å²) in [4.78, 5) is 10.8. The monoisotopic (exact) mass is 169 g/mol. The Labute approximate surface area is 68.8 Å². The van der Waals surface area contributed by atoms with Crippen LogP contribution in [0.5, 0.6) is 0 Å². The van der Waals surface area contributed by atoms with Crippen molar-refractivity contribution in [3.63, 3.8) is 0 Å². The summed E-state index contributed by atoms with van der Waals surface area (Å²) in [6.45, 7) is 1.55. The first kappa shape index (κ1) is 8.67. The lowest BCUT2D eigenvalue weighted by Crippen LogP contribution is -2.20. The van der Waals surface area contributed by atoms with Gasteiger partial charge in [0, 0.05) is 0 Å². The Morgan fingerprint density at radius 3 is 2.83 bits per heavy atom. The molecule has 0 aliphatic rings. The van der Waals surface area contributed by atoms with Gasteiger partial charge in [-0.15, -0.1) is 0 Å². The van der Waals surface area contributed by atoms with Gasteiger partial charge >= 0.3 is 0 Å². The molecule has 0 fully saturated rings. The number of halogens is 1. The smallest absolute Gasteiger partial charge is 0.277 e. The normalized spacial score (nSPS) is 9.58. The van der Waals surface area contributed by atoms with Crippen LogP contribution in [0.3, 0.4) is 0 Å². The van der Waals surface area contributed by atoms with E-state index in [0.717, 1.165) is 0 Å². The van der Waals surface area contributed by atoms with Gasteiger partial charge in [-0.1, -0.05) is 12.1 Å². The summed E-state index contributed by atoms with van der Waals surface area (Å²) in [5.74, 6) is -1.44. The molecule has 0 atom stereocenters. The molecule has 1 aromatic carbocycles. The minimum atomic E-state index is -0.837. The van der Waals surface area contributed by atoms with Gasteiger partial charge in [-0.05, 0) is 18.6 Å². The third-order valence-corrected chi connectivity index (χ3v) is 1.54. The lowest BCUT2D eigenvalue weighted by atomic mass is 10.1. The van der Waals surface area contributed by atoms with Crippen LogP contribution in [0.2, 0.25) is 0 Å². The van der Waals surface area contributed by atoms with Gasteiger partial charge in [0.05, 0.1) is 5.56 Å². The maximum Gasteiger partial charge on any atom is 0.277 e. The predicted octanol–water partition coefficient (Wildman–Crippen LogP) is 1.25. The number of hydrogen-bond donors (Lipinski definition) is 2. The van der Waals surface area contributed by atoms with Crippen molar-refractivity contribution < 1.29 is 14.4 Å². The van der Waals surface area contributed by atoms with E-state index in [0.29, 0.717) is 5.56 Å². The molecule has 0 radical (unpaired) electrons. The molecular weight excluding hydrogens is 161 g/mol. The van der Waals surface area contributed by atoms with Gasteiger partial charge in [-0.2, -0.15) is 0 Å². The molecule has 0 spiro atoms. The summed E-state index contributed by atoms with van der Waals surface area (Å²) in [6, 6.07) is 4.39. The lowest BCUT2D eigenvalue weighted by Gasteiger charge is -2.01. The van der Waals surface area contributed by atoms with Crippen molar-refractivity contribution in [2.75, 3.05) is 0 Å². The van der Waals surface area contributed by atoms with Crippen LogP contribution in [-0.4, -0.2) is 11.1 Å². The van der Waals surface area contributed by atoms with Crippen molar-refractivity contribution in [1.82, 2.24) is 5.48 Å². The van der Waals surface area contributed by atoms with Crippen molar-refractivity contribution in [2.24, 2.45) is 0 Å². The second-order valence-electron chi connectivity index (χ2n) is 2.38. The van der Waals surface area contributed by atoms with E-state index < -0.39 is 11.7 Å². The molecule has 64 valence electrons. The fourth-order valence-electron chi connectivity index (χ4n) is 0.883. The Kier molecular flexibility index (Phi) is 2.40. The highest BCUT2D eigenvalue weighted by atomic mass is 19.1. The van der Waals surface area contributed by atoms with Gasteiger partial charge in [0.25, 0.3) is 5.91 Å². The van der Waals surface area contributed by atoms with Crippen LogP contribution in [0, 0.1) is 12.7 Å². The summed E-state index contributed by atoms with van der Waals surface area (Å²) in [7, 11) is 0. The maximum absolute atomic E-state index is 13.1. The van der Waals surface area contributed by atoms with Crippen LogP contribution in [0.15, 0.2) is 18.2 Å². The van der Waals surface area contributed by atoms with Crippen LogP contribution in [-0.2, 0) is 0 Å². The highest BCUT2D eigenvalue weighted by molar-refractivity contribution is 5.93. The fourth-order valence-corrected chi connectivity index (χ4v) is 0.883. The number of hydrogen-bond acceptors (Lipinski definition) is 2. The van der Waals surface area contributed by atoms with E-state index in [9.17, 15) is 9.18 Å². The quantitative estimate of drug-likeness (QED) is 0.491. The highest BCUT2D eigenvalue weighted by Crippen LogP contribution is 2.10. The zero-order valence-electron chi connectivity index (χ0n) is 6.47. The van der Waals surface area contributed by atoms with Gasteiger partial charge < -0.3 is 0 Å². The molecular formula is C8H8FNO2. The second-order valence-corrected chi connectivity index (χ2v) is 2.38. The molecule has 12 heavy (non-hydrogen) atoms. The Balaban J connectivity index is 3.16. The number of nitrogens with one attached hydrogen (secondary N) is 1. The molecule has 1 aromatic rings. The molecule has 4 heteroatoms. The topological polar surface area (TPSA) is 49.3 Å². The Morgan fingerprint density at radius 2 is 2.25 bits per heavy atom. The van der Waals surface area contributed by atoms with Crippen molar-refractivity contribution in [3.8, 4) is 0 Å². The van der Waals surface area contributed by atoms with E-state index >= 15 is 0 Å². The van der Waals surface area contributed by atoms with E-state index in [1.807, 2.05) is 0 Å². The zero-order valence-corrected chi connectivity index (χ0v) is 6.47. The number of carbonyl (C=O) groups excluding carboxylic acids is 1. The molecule has 1 amide bonds. The van der Waals surface area contributed by atoms with Gasteiger partial charge in [-0.3, -0.25) is 10.0 Å². The van der Waals surface area contributed by atoms with Crippen LogP contribution in [0.25, 0.3) is 0 Å². The summed E-state index contributed by atoms with van der Waals surface area (Å²) < 4.78 is 13.1. The molecule has 0 bridgehead atoms. The minimum absolute atomic E-state index is 0.155. The van der Waals surface area contributed by atoms with Gasteiger partial charge in [0.2, 0.25) is 0 Å². The van der Waals surface area contributed by atoms with Crippen LogP contribution >= 0.6 is 0 Å². The standard InChI is InChI=1S/C8H8FNO2/c1-5-3-2-4-6(7(5)9)8(11)10-12/h2-4,12H,1H3,(H,10,11). The number of rotatable bonds is 1. The first-order valence-electron chi connectivity index (χ1n) is 3.36. The molecule has 1 rings (SSSR count). The SMILES string of the molecule is Cc1cccc(C(=O)NO)c1F. The molecule has 0 saturated carbocycles. The molecule has 0 unspecified atom stereocenters.